The first-order valence-electron chi connectivity index (χ1n) is 11.1. The van der Waals surface area contributed by atoms with E-state index < -0.39 is 0 Å². The Hall–Kier alpha value is -4.25. The molecule has 4 aromatic carbocycles. The molecule has 5 heteroatoms. The van der Waals surface area contributed by atoms with Gasteiger partial charge in [0, 0.05) is 22.1 Å². The van der Waals surface area contributed by atoms with Crippen molar-refractivity contribution in [1.82, 2.24) is 5.43 Å². The number of anilines is 1. The number of hydrogen-bond acceptors (Lipinski definition) is 3. The molecule has 1 aliphatic heterocycles. The maximum Gasteiger partial charge on any atom is 0.271 e. The highest BCUT2D eigenvalue weighted by molar-refractivity contribution is 6.24. The molecule has 0 saturated heterocycles. The number of nitrogens with zero attached hydrogens (tertiary/aromatic N) is 2. The summed E-state index contributed by atoms with van der Waals surface area (Å²) in [5.41, 5.74) is 9.15. The third kappa shape index (κ3) is 3.29. The van der Waals surface area contributed by atoms with E-state index in [0.717, 1.165) is 51.7 Å². The van der Waals surface area contributed by atoms with E-state index in [1.807, 2.05) is 66.7 Å². The highest BCUT2D eigenvalue weighted by Crippen LogP contribution is 2.38. The predicted octanol–water partition coefficient (Wildman–Crippen LogP) is 5.08. The van der Waals surface area contributed by atoms with E-state index in [4.69, 9.17) is 0 Å². The summed E-state index contributed by atoms with van der Waals surface area (Å²) in [6.07, 6.45) is 1.78. The van der Waals surface area contributed by atoms with Gasteiger partial charge in [-0.05, 0) is 53.6 Å². The van der Waals surface area contributed by atoms with E-state index in [-0.39, 0.29) is 11.8 Å². The van der Waals surface area contributed by atoms with Crippen molar-refractivity contribution in [2.75, 3.05) is 4.90 Å². The Bertz CT molecular complexity index is 1450. The van der Waals surface area contributed by atoms with Crippen molar-refractivity contribution in [1.29, 1.82) is 0 Å². The molecule has 4 aromatic rings. The maximum atomic E-state index is 13.0. The second kappa shape index (κ2) is 7.71. The summed E-state index contributed by atoms with van der Waals surface area (Å²) in [5.74, 6) is -0.232. The van der Waals surface area contributed by atoms with Gasteiger partial charge in [0.25, 0.3) is 11.8 Å². The van der Waals surface area contributed by atoms with Gasteiger partial charge < -0.3 is 4.90 Å². The molecule has 0 aromatic heterocycles. The molecule has 1 heterocycles. The molecule has 2 amide bonds. The first-order valence-corrected chi connectivity index (χ1v) is 11.1. The van der Waals surface area contributed by atoms with Gasteiger partial charge in [0.05, 0.1) is 17.9 Å². The van der Waals surface area contributed by atoms with E-state index in [9.17, 15) is 9.59 Å². The average Bonchev–Trinajstić information content (AvgIpc) is 3.39. The molecule has 0 radical (unpaired) electrons. The number of hydrogen-bond donors (Lipinski definition) is 1. The Balaban J connectivity index is 1.18. The van der Waals surface area contributed by atoms with Crippen molar-refractivity contribution >= 4 is 34.0 Å². The number of carbonyl (C=O) groups is 2. The van der Waals surface area contributed by atoms with Crippen LogP contribution in [0.2, 0.25) is 0 Å². The number of amides is 2. The van der Waals surface area contributed by atoms with Crippen LogP contribution in [0.1, 0.15) is 43.8 Å². The van der Waals surface area contributed by atoms with Gasteiger partial charge in [0.2, 0.25) is 0 Å². The maximum absolute atomic E-state index is 13.0. The van der Waals surface area contributed by atoms with Crippen LogP contribution in [-0.2, 0) is 13.0 Å². The predicted molar refractivity (Wildman–Crippen MR) is 130 cm³/mol. The molecule has 6 rings (SSSR count). The van der Waals surface area contributed by atoms with Crippen LogP contribution in [0.5, 0.6) is 0 Å². The summed E-state index contributed by atoms with van der Waals surface area (Å²) in [6, 6.07) is 27.3. The first kappa shape index (κ1) is 19.4. The molecule has 0 fully saturated rings. The summed E-state index contributed by atoms with van der Waals surface area (Å²) in [6.45, 7) is 0.452. The Labute approximate surface area is 191 Å². The van der Waals surface area contributed by atoms with Gasteiger partial charge in [-0.15, -0.1) is 0 Å². The number of hydrazone groups is 1. The zero-order valence-electron chi connectivity index (χ0n) is 17.9. The van der Waals surface area contributed by atoms with Crippen LogP contribution < -0.4 is 10.3 Å². The molecular formula is C28H21N3O2. The fourth-order valence-electron chi connectivity index (χ4n) is 4.79. The molecule has 33 heavy (non-hydrogen) atoms. The van der Waals surface area contributed by atoms with Crippen molar-refractivity contribution in [3.05, 3.63) is 113 Å². The summed E-state index contributed by atoms with van der Waals surface area (Å²) in [5, 5.41) is 6.44. The van der Waals surface area contributed by atoms with Crippen molar-refractivity contribution in [2.24, 2.45) is 5.10 Å². The topological polar surface area (TPSA) is 61.8 Å². The molecule has 0 spiro atoms. The second-order valence-electron chi connectivity index (χ2n) is 8.43. The van der Waals surface area contributed by atoms with E-state index >= 15 is 0 Å². The molecule has 5 nitrogen and oxygen atoms in total. The summed E-state index contributed by atoms with van der Waals surface area (Å²) >= 11 is 0. The van der Waals surface area contributed by atoms with Crippen LogP contribution in [0, 0.1) is 0 Å². The normalized spacial score (nSPS) is 15.3. The van der Waals surface area contributed by atoms with Crippen molar-refractivity contribution in [3.63, 3.8) is 0 Å². The molecule has 1 N–H and O–H groups in total. The highest BCUT2D eigenvalue weighted by Gasteiger charge is 2.29. The standard InChI is InChI=1S/C28H21N3O2/c32-27(30-29-24-16-15-19-5-1-2-8-22(19)24)21-13-11-18(12-14-21)17-31-25-10-4-7-20-6-3-9-23(26(20)25)28(31)33/h1-14H,15-17H2,(H,30,32). The Morgan fingerprint density at radius 3 is 2.45 bits per heavy atom. The number of aryl methyl sites for hydroxylation is 1. The molecule has 160 valence electrons. The monoisotopic (exact) mass is 431 g/mol. The number of nitrogens with one attached hydrogen (secondary N) is 1. The van der Waals surface area contributed by atoms with Gasteiger partial charge in [-0.1, -0.05) is 60.7 Å². The average molecular weight is 431 g/mol. The zero-order valence-corrected chi connectivity index (χ0v) is 17.9. The van der Waals surface area contributed by atoms with Gasteiger partial charge in [0.1, 0.15) is 0 Å². The second-order valence-corrected chi connectivity index (χ2v) is 8.43. The van der Waals surface area contributed by atoms with Crippen molar-refractivity contribution in [3.8, 4) is 0 Å². The molecule has 0 unspecified atom stereocenters. The number of fused-ring (bicyclic) bond motifs is 1. The smallest absolute Gasteiger partial charge is 0.271 e. The van der Waals surface area contributed by atoms with E-state index in [2.05, 4.69) is 16.6 Å². The zero-order chi connectivity index (χ0) is 22.4. The summed E-state index contributed by atoms with van der Waals surface area (Å²) < 4.78 is 0. The number of benzene rings is 4. The van der Waals surface area contributed by atoms with Gasteiger partial charge in [-0.25, -0.2) is 5.43 Å². The van der Waals surface area contributed by atoms with Crippen LogP contribution in [0.25, 0.3) is 10.8 Å². The molecule has 2 aliphatic rings. The third-order valence-electron chi connectivity index (χ3n) is 6.46. The Kier molecular flexibility index (Phi) is 4.54. The molecular weight excluding hydrogens is 410 g/mol. The molecule has 1 aliphatic carbocycles. The minimum Gasteiger partial charge on any atom is -0.303 e. The van der Waals surface area contributed by atoms with Gasteiger partial charge in [-0.2, -0.15) is 5.10 Å². The first-order chi connectivity index (χ1) is 16.2. The molecule has 0 bridgehead atoms. The van der Waals surface area contributed by atoms with Crippen LogP contribution >= 0.6 is 0 Å². The van der Waals surface area contributed by atoms with Crippen LogP contribution in [0.3, 0.4) is 0 Å². The number of rotatable bonds is 4. The van der Waals surface area contributed by atoms with Crippen molar-refractivity contribution in [2.45, 2.75) is 19.4 Å². The third-order valence-corrected chi connectivity index (χ3v) is 6.46. The fraction of sp³-hybridized carbons (Fsp3) is 0.107. The van der Waals surface area contributed by atoms with Crippen LogP contribution in [0.4, 0.5) is 5.69 Å². The Morgan fingerprint density at radius 1 is 0.848 bits per heavy atom. The lowest BCUT2D eigenvalue weighted by Crippen LogP contribution is -2.26. The molecule has 0 saturated carbocycles. The quantitative estimate of drug-likeness (QED) is 0.458. The Morgan fingerprint density at radius 2 is 1.61 bits per heavy atom. The van der Waals surface area contributed by atoms with E-state index in [0.29, 0.717) is 12.1 Å². The largest absolute Gasteiger partial charge is 0.303 e. The SMILES string of the molecule is O=C(NN=C1CCc2ccccc21)c1ccc(CN2C(=O)c3cccc4cccc2c34)cc1. The molecule has 0 atom stereocenters. The van der Waals surface area contributed by atoms with E-state index in [1.165, 1.54) is 5.56 Å². The van der Waals surface area contributed by atoms with E-state index in [1.54, 1.807) is 17.0 Å². The van der Waals surface area contributed by atoms with Gasteiger partial charge >= 0.3 is 0 Å². The summed E-state index contributed by atoms with van der Waals surface area (Å²) in [4.78, 5) is 27.4. The lowest BCUT2D eigenvalue weighted by molar-refractivity contribution is 0.0953. The van der Waals surface area contributed by atoms with Crippen LogP contribution in [-0.4, -0.2) is 17.5 Å². The van der Waals surface area contributed by atoms with Crippen molar-refractivity contribution < 1.29 is 9.59 Å². The lowest BCUT2D eigenvalue weighted by atomic mass is 10.1. The van der Waals surface area contributed by atoms with Crippen LogP contribution in [0.15, 0.2) is 90.0 Å². The van der Waals surface area contributed by atoms with Gasteiger partial charge in [0.15, 0.2) is 0 Å². The highest BCUT2D eigenvalue weighted by atomic mass is 16.2. The summed E-state index contributed by atoms with van der Waals surface area (Å²) in [7, 11) is 0. The minimum absolute atomic E-state index is 0.0105. The fourth-order valence-corrected chi connectivity index (χ4v) is 4.79. The minimum atomic E-state index is -0.243. The van der Waals surface area contributed by atoms with Gasteiger partial charge in [-0.3, -0.25) is 9.59 Å². The number of carbonyl (C=O) groups excluding carboxylic acids is 2. The lowest BCUT2D eigenvalue weighted by Gasteiger charge is -2.18.